The first-order valence-electron chi connectivity index (χ1n) is 17.2. The van der Waals surface area contributed by atoms with E-state index < -0.39 is 58.4 Å². The van der Waals surface area contributed by atoms with Crippen LogP contribution in [-0.2, 0) is 21.4 Å². The molecule has 1 unspecified atom stereocenters. The fraction of sp³-hybridized carbons (Fsp3) is 0.514. The summed E-state index contributed by atoms with van der Waals surface area (Å²) in [4.78, 5) is 47.8. The molecule has 14 heteroatoms. The summed E-state index contributed by atoms with van der Waals surface area (Å²) in [7, 11) is 0. The van der Waals surface area contributed by atoms with Crippen LogP contribution in [0.3, 0.4) is 0 Å². The van der Waals surface area contributed by atoms with E-state index in [1.165, 1.54) is 16.2 Å². The molecule has 4 heterocycles. The highest BCUT2D eigenvalue weighted by Crippen LogP contribution is 2.43. The molecular formula is C37H44F3N3O7S. The fourth-order valence-corrected chi connectivity index (χ4v) is 7.83. The number of piperidine rings is 2. The van der Waals surface area contributed by atoms with Crippen LogP contribution in [0.4, 0.5) is 13.2 Å². The zero-order chi connectivity index (χ0) is 37.0. The van der Waals surface area contributed by atoms with Crippen molar-refractivity contribution in [3.05, 3.63) is 75.7 Å². The number of hydrogen-bond donors (Lipinski definition) is 2. The van der Waals surface area contributed by atoms with Crippen LogP contribution in [0.2, 0.25) is 0 Å². The van der Waals surface area contributed by atoms with Crippen LogP contribution < -0.4 is 9.47 Å². The quantitative estimate of drug-likeness (QED) is 0.207. The van der Waals surface area contributed by atoms with Gasteiger partial charge in [0.15, 0.2) is 0 Å². The number of nitrogens with zero attached hydrogens (tertiary/aromatic N) is 3. The zero-order valence-corrected chi connectivity index (χ0v) is 29.8. The predicted octanol–water partition coefficient (Wildman–Crippen LogP) is 6.84. The number of ether oxygens (including phenoxy) is 2. The Morgan fingerprint density at radius 2 is 1.84 bits per heavy atom. The molecule has 2 aliphatic heterocycles. The van der Waals surface area contributed by atoms with E-state index in [1.807, 2.05) is 13.8 Å². The van der Waals surface area contributed by atoms with E-state index in [1.54, 1.807) is 47.5 Å². The minimum atomic E-state index is -4.79. The van der Waals surface area contributed by atoms with Crippen molar-refractivity contribution in [1.29, 1.82) is 0 Å². The summed E-state index contributed by atoms with van der Waals surface area (Å²) in [5.74, 6) is -1.31. The molecule has 2 fully saturated rings. The molecule has 2 saturated heterocycles. The van der Waals surface area contributed by atoms with Gasteiger partial charge < -0.3 is 29.5 Å². The fourth-order valence-electron chi connectivity index (χ4n) is 7.23. The summed E-state index contributed by atoms with van der Waals surface area (Å²) in [6, 6.07) is 8.73. The van der Waals surface area contributed by atoms with Crippen LogP contribution in [0, 0.1) is 6.92 Å². The molecule has 51 heavy (non-hydrogen) atoms. The second-order valence-corrected chi connectivity index (χ2v) is 14.5. The van der Waals surface area contributed by atoms with Crippen molar-refractivity contribution >= 4 is 29.1 Å². The minimum absolute atomic E-state index is 0.0623. The molecule has 3 atom stereocenters. The first kappa shape index (κ1) is 38.1. The van der Waals surface area contributed by atoms with Gasteiger partial charge in [-0.1, -0.05) is 31.5 Å². The Bertz CT molecular complexity index is 1710. The summed E-state index contributed by atoms with van der Waals surface area (Å²) < 4.78 is 54.8. The van der Waals surface area contributed by atoms with E-state index >= 15 is 0 Å². The molecule has 0 bridgehead atoms. The number of carboxylic acid groups (broad SMARTS) is 1. The Hall–Kier alpha value is -4.17. The number of aliphatic carboxylic acids is 1. The molecule has 2 aromatic heterocycles. The van der Waals surface area contributed by atoms with Gasteiger partial charge in [0.25, 0.3) is 11.8 Å². The van der Waals surface area contributed by atoms with Crippen molar-refractivity contribution in [2.45, 2.75) is 102 Å². The lowest BCUT2D eigenvalue weighted by Crippen LogP contribution is -2.68. The Labute approximate surface area is 299 Å². The zero-order valence-electron chi connectivity index (χ0n) is 28.9. The number of aromatic nitrogens is 1. The van der Waals surface area contributed by atoms with Gasteiger partial charge in [-0.3, -0.25) is 19.4 Å². The Balaban J connectivity index is 1.45. The van der Waals surface area contributed by atoms with Crippen molar-refractivity contribution in [2.75, 3.05) is 19.6 Å². The highest BCUT2D eigenvalue weighted by Gasteiger charge is 2.56. The molecule has 5 rings (SSSR count). The van der Waals surface area contributed by atoms with Crippen LogP contribution in [0.1, 0.15) is 91.6 Å². The first-order valence-corrected chi connectivity index (χ1v) is 18.1. The van der Waals surface area contributed by atoms with Crippen molar-refractivity contribution in [1.82, 2.24) is 14.8 Å². The normalized spacial score (nSPS) is 21.2. The van der Waals surface area contributed by atoms with Crippen molar-refractivity contribution in [3.63, 3.8) is 0 Å². The molecule has 0 aliphatic carbocycles. The monoisotopic (exact) mass is 731 g/mol. The van der Waals surface area contributed by atoms with E-state index in [0.717, 1.165) is 23.3 Å². The third kappa shape index (κ3) is 8.33. The lowest BCUT2D eigenvalue weighted by molar-refractivity contribution is -0.163. The van der Waals surface area contributed by atoms with Gasteiger partial charge in [-0.25, -0.2) is 0 Å². The number of thiophene rings is 1. The molecule has 2 aliphatic rings. The second kappa shape index (κ2) is 15.6. The maximum atomic E-state index is 14.9. The summed E-state index contributed by atoms with van der Waals surface area (Å²) in [5.41, 5.74) is -4.10. The summed E-state index contributed by atoms with van der Waals surface area (Å²) in [6.45, 7) is 5.96. The van der Waals surface area contributed by atoms with E-state index in [-0.39, 0.29) is 51.7 Å². The topological polar surface area (TPSA) is 130 Å². The number of rotatable bonds is 12. The van der Waals surface area contributed by atoms with Gasteiger partial charge in [0, 0.05) is 60.7 Å². The molecule has 1 aromatic carbocycles. The first-order chi connectivity index (χ1) is 24.2. The molecule has 0 spiro atoms. The lowest BCUT2D eigenvalue weighted by atomic mass is 9.78. The molecule has 0 radical (unpaired) electrons. The third-order valence-corrected chi connectivity index (χ3v) is 10.6. The number of likely N-dealkylation sites (tertiary alicyclic amines) is 2. The number of carbonyl (C=O) groups excluding carboxylic acids is 2. The maximum Gasteiger partial charge on any atom is 0.417 e. The Morgan fingerprint density at radius 1 is 1.12 bits per heavy atom. The van der Waals surface area contributed by atoms with Crippen molar-refractivity contribution < 1.29 is 47.2 Å². The molecular weight excluding hydrogens is 687 g/mol. The molecule has 3 aromatic rings. The number of aliphatic hydroxyl groups is 1. The number of hydrogen-bond acceptors (Lipinski definition) is 8. The molecule has 2 N–H and O–H groups in total. The van der Waals surface area contributed by atoms with Gasteiger partial charge in [-0.05, 0) is 64.2 Å². The summed E-state index contributed by atoms with van der Waals surface area (Å²) in [5, 5.41) is 22.8. The number of para-hydroxylation sites is 1. The van der Waals surface area contributed by atoms with Crippen LogP contribution in [0.25, 0.3) is 0 Å². The lowest BCUT2D eigenvalue weighted by Gasteiger charge is -2.51. The number of aryl methyl sites for hydroxylation is 1. The van der Waals surface area contributed by atoms with E-state index in [4.69, 9.17) is 14.6 Å². The molecule has 276 valence electrons. The van der Waals surface area contributed by atoms with Crippen LogP contribution >= 0.6 is 11.3 Å². The number of pyridine rings is 1. The SMILES string of the molecule is CCC[C@H]1N(C(=O)c2cnccc2C(F)(F)F)CCC[C@@]1(Oc1csc(C)c1)C(=O)N1CCC(O)(c2ccccc2OC(C)CCC(=O)O)CC1. The van der Waals surface area contributed by atoms with Crippen LogP contribution in [0.15, 0.2) is 54.2 Å². The number of carbonyl (C=O) groups is 3. The predicted molar refractivity (Wildman–Crippen MR) is 184 cm³/mol. The van der Waals surface area contributed by atoms with Crippen LogP contribution in [0.5, 0.6) is 11.5 Å². The Kier molecular flexibility index (Phi) is 11.6. The van der Waals surface area contributed by atoms with E-state index in [2.05, 4.69) is 4.98 Å². The number of carboxylic acids is 1. The summed E-state index contributed by atoms with van der Waals surface area (Å²) >= 11 is 1.43. The smallest absolute Gasteiger partial charge is 0.417 e. The van der Waals surface area contributed by atoms with Gasteiger partial charge in [0.2, 0.25) is 5.60 Å². The van der Waals surface area contributed by atoms with E-state index in [9.17, 15) is 32.7 Å². The van der Waals surface area contributed by atoms with Gasteiger partial charge in [-0.15, -0.1) is 11.3 Å². The van der Waals surface area contributed by atoms with Gasteiger partial charge in [0.05, 0.1) is 28.9 Å². The maximum absolute atomic E-state index is 14.9. The molecule has 0 saturated carbocycles. The number of benzene rings is 1. The highest BCUT2D eigenvalue weighted by molar-refractivity contribution is 7.10. The van der Waals surface area contributed by atoms with Crippen LogP contribution in [-0.4, -0.2) is 80.2 Å². The largest absolute Gasteiger partial charge is 0.490 e. The van der Waals surface area contributed by atoms with Gasteiger partial charge >= 0.3 is 12.1 Å². The number of alkyl halides is 3. The minimum Gasteiger partial charge on any atom is -0.490 e. The highest BCUT2D eigenvalue weighted by atomic mass is 32.1. The second-order valence-electron chi connectivity index (χ2n) is 13.4. The average Bonchev–Trinajstić information content (AvgIpc) is 3.51. The number of amides is 2. The van der Waals surface area contributed by atoms with Crippen molar-refractivity contribution in [3.8, 4) is 11.5 Å². The molecule has 10 nitrogen and oxygen atoms in total. The Morgan fingerprint density at radius 3 is 2.49 bits per heavy atom. The van der Waals surface area contributed by atoms with Gasteiger partial charge in [-0.2, -0.15) is 13.2 Å². The standard InChI is InChI=1S/C37H44F3N3O7S/c1-4-8-31-36(50-26-21-25(3)51-23-26,14-7-18-43(31)33(46)27-22-41-17-13-28(27)37(38,39)40)34(47)42-19-15-35(48,16-20-42)29-9-5-6-10-30(29)49-24(2)11-12-32(44)45/h5-6,9-10,13,17,21-24,31,48H,4,7-8,11-12,14-16,18-20H2,1-3H3,(H,44,45)/t24?,31-,36+/m1/s1. The third-order valence-electron chi connectivity index (χ3n) is 9.77. The number of halogens is 3. The summed E-state index contributed by atoms with van der Waals surface area (Å²) in [6.07, 6.45) is -1.38. The molecule has 2 amide bonds. The van der Waals surface area contributed by atoms with Crippen molar-refractivity contribution in [2.24, 2.45) is 0 Å². The average molecular weight is 732 g/mol. The van der Waals surface area contributed by atoms with E-state index in [0.29, 0.717) is 36.3 Å². The van der Waals surface area contributed by atoms with Gasteiger partial charge in [0.1, 0.15) is 11.5 Å².